The number of nitrogens with zero attached hydrogens (tertiary/aromatic N) is 1. The van der Waals surface area contributed by atoms with Gasteiger partial charge in [-0.15, -0.1) is 0 Å². The Morgan fingerprint density at radius 3 is 2.43 bits per heavy atom. The molecule has 0 aliphatic rings. The van der Waals surface area contributed by atoms with Crippen LogP contribution in [0.5, 0.6) is 11.5 Å². The molecule has 162 valence electrons. The predicted octanol–water partition coefficient (Wildman–Crippen LogP) is 3.65. The minimum absolute atomic E-state index is 0.280. The monoisotopic (exact) mass is 414 g/mol. The summed E-state index contributed by atoms with van der Waals surface area (Å²) in [6, 6.07) is 5.41. The van der Waals surface area contributed by atoms with Crippen LogP contribution in [0.25, 0.3) is 6.08 Å². The Bertz CT molecular complexity index is 944. The van der Waals surface area contributed by atoms with E-state index in [1.165, 1.54) is 6.08 Å². The van der Waals surface area contributed by atoms with Gasteiger partial charge in [0.15, 0.2) is 0 Å². The molecule has 0 radical (unpaired) electrons. The number of methoxy groups -OCH3 is 2. The summed E-state index contributed by atoms with van der Waals surface area (Å²) >= 11 is 0. The number of hydrogen-bond donors (Lipinski definition) is 1. The fourth-order valence-electron chi connectivity index (χ4n) is 3.47. The second-order valence-corrected chi connectivity index (χ2v) is 6.65. The maximum absolute atomic E-state index is 12.5. The van der Waals surface area contributed by atoms with Crippen LogP contribution in [0.15, 0.2) is 24.3 Å². The topological polar surface area (TPSA) is 78.8 Å². The SMILES string of the molecule is CCOC(=O)c1c(/C=C/C(=O)NCc2cc(OC)ccc2OC)c(C)n(CC)c1C. The third-order valence-corrected chi connectivity index (χ3v) is 4.97. The summed E-state index contributed by atoms with van der Waals surface area (Å²) in [5.41, 5.74) is 3.73. The molecule has 0 spiro atoms. The van der Waals surface area contributed by atoms with Crippen LogP contribution in [0.2, 0.25) is 0 Å². The van der Waals surface area contributed by atoms with Gasteiger partial charge < -0.3 is 24.1 Å². The van der Waals surface area contributed by atoms with E-state index in [1.54, 1.807) is 39.4 Å². The number of benzene rings is 1. The Kier molecular flexibility index (Phi) is 8.09. The van der Waals surface area contributed by atoms with Crippen LogP contribution in [0.3, 0.4) is 0 Å². The zero-order valence-electron chi connectivity index (χ0n) is 18.5. The minimum atomic E-state index is -0.383. The molecule has 0 unspecified atom stereocenters. The van der Waals surface area contributed by atoms with Crippen LogP contribution in [-0.2, 0) is 22.6 Å². The van der Waals surface area contributed by atoms with Gasteiger partial charge in [0.2, 0.25) is 5.91 Å². The van der Waals surface area contributed by atoms with Gasteiger partial charge in [0.05, 0.1) is 26.4 Å². The molecule has 0 saturated carbocycles. The smallest absolute Gasteiger partial charge is 0.340 e. The Labute approximate surface area is 177 Å². The minimum Gasteiger partial charge on any atom is -0.497 e. The average Bonchev–Trinajstić information content (AvgIpc) is 2.99. The van der Waals surface area contributed by atoms with Gasteiger partial charge in [-0.25, -0.2) is 4.79 Å². The Balaban J connectivity index is 2.22. The van der Waals surface area contributed by atoms with Crippen molar-refractivity contribution in [1.82, 2.24) is 9.88 Å². The molecule has 2 rings (SSSR count). The summed E-state index contributed by atoms with van der Waals surface area (Å²) in [6.45, 7) is 8.89. The van der Waals surface area contributed by atoms with Gasteiger partial charge in [-0.05, 0) is 52.0 Å². The molecule has 7 heteroatoms. The predicted molar refractivity (Wildman–Crippen MR) is 116 cm³/mol. The molecule has 1 aromatic heterocycles. The molecule has 30 heavy (non-hydrogen) atoms. The second kappa shape index (κ2) is 10.5. The molecule has 0 aliphatic carbocycles. The number of ether oxygens (including phenoxy) is 3. The highest BCUT2D eigenvalue weighted by molar-refractivity contribution is 5.98. The van der Waals surface area contributed by atoms with Gasteiger partial charge >= 0.3 is 5.97 Å². The molecule has 7 nitrogen and oxygen atoms in total. The molecule has 0 aliphatic heterocycles. The van der Waals surface area contributed by atoms with Crippen molar-refractivity contribution >= 4 is 18.0 Å². The van der Waals surface area contributed by atoms with Gasteiger partial charge in [-0.2, -0.15) is 0 Å². The van der Waals surface area contributed by atoms with E-state index in [9.17, 15) is 9.59 Å². The number of aromatic nitrogens is 1. The lowest BCUT2D eigenvalue weighted by molar-refractivity contribution is -0.116. The standard InChI is InChI=1S/C23H30N2O5/c1-7-25-15(3)19(22(16(25)4)23(27)30-8-2)10-12-21(26)24-14-17-13-18(28-5)9-11-20(17)29-6/h9-13H,7-8,14H2,1-6H3,(H,24,26)/b12-10+. The highest BCUT2D eigenvalue weighted by atomic mass is 16.5. The van der Waals surface area contributed by atoms with Gasteiger partial charge in [-0.3, -0.25) is 4.79 Å². The van der Waals surface area contributed by atoms with Gasteiger partial charge in [-0.1, -0.05) is 0 Å². The molecule has 1 heterocycles. The van der Waals surface area contributed by atoms with Gasteiger partial charge in [0.1, 0.15) is 11.5 Å². The molecule has 2 aromatic rings. The first-order chi connectivity index (χ1) is 14.4. The summed E-state index contributed by atoms with van der Waals surface area (Å²) < 4.78 is 17.8. The van der Waals surface area contributed by atoms with Gasteiger partial charge in [0.25, 0.3) is 0 Å². The summed E-state index contributed by atoms with van der Waals surface area (Å²) in [6.07, 6.45) is 3.09. The first-order valence-corrected chi connectivity index (χ1v) is 9.91. The third-order valence-electron chi connectivity index (χ3n) is 4.97. The number of amides is 1. The molecule has 1 aromatic carbocycles. The number of esters is 1. The van der Waals surface area contributed by atoms with Crippen molar-refractivity contribution in [2.45, 2.75) is 40.8 Å². The Morgan fingerprint density at radius 2 is 1.83 bits per heavy atom. The first kappa shape index (κ1) is 23.1. The van der Waals surface area contributed by atoms with Crippen molar-refractivity contribution < 1.29 is 23.8 Å². The lowest BCUT2D eigenvalue weighted by atomic mass is 10.1. The second-order valence-electron chi connectivity index (χ2n) is 6.65. The lowest BCUT2D eigenvalue weighted by Crippen LogP contribution is -2.20. The van der Waals surface area contributed by atoms with E-state index in [4.69, 9.17) is 14.2 Å². The van der Waals surface area contributed by atoms with Crippen molar-refractivity contribution in [3.63, 3.8) is 0 Å². The van der Waals surface area contributed by atoms with E-state index in [1.807, 2.05) is 31.4 Å². The molecular formula is C23H30N2O5. The molecule has 0 saturated heterocycles. The molecular weight excluding hydrogens is 384 g/mol. The molecule has 0 fully saturated rings. The summed E-state index contributed by atoms with van der Waals surface area (Å²) in [5.74, 6) is 0.681. The highest BCUT2D eigenvalue weighted by Gasteiger charge is 2.22. The van der Waals surface area contributed by atoms with Crippen molar-refractivity contribution in [3.05, 3.63) is 52.4 Å². The van der Waals surface area contributed by atoms with E-state index >= 15 is 0 Å². The zero-order valence-corrected chi connectivity index (χ0v) is 18.5. The normalized spacial score (nSPS) is 10.9. The Morgan fingerprint density at radius 1 is 1.10 bits per heavy atom. The number of nitrogens with one attached hydrogen (secondary N) is 1. The van der Waals surface area contributed by atoms with Gasteiger partial charge in [0, 0.05) is 41.7 Å². The van der Waals surface area contributed by atoms with Crippen molar-refractivity contribution in [3.8, 4) is 11.5 Å². The average molecular weight is 415 g/mol. The molecule has 1 amide bonds. The van der Waals surface area contributed by atoms with Crippen molar-refractivity contribution in [1.29, 1.82) is 0 Å². The maximum Gasteiger partial charge on any atom is 0.340 e. The lowest BCUT2D eigenvalue weighted by Gasteiger charge is -2.10. The van der Waals surface area contributed by atoms with E-state index < -0.39 is 0 Å². The summed E-state index contributed by atoms with van der Waals surface area (Å²) in [5, 5.41) is 2.84. The largest absolute Gasteiger partial charge is 0.497 e. The van der Waals surface area contributed by atoms with Crippen LogP contribution < -0.4 is 14.8 Å². The maximum atomic E-state index is 12.5. The third kappa shape index (κ3) is 5.03. The highest BCUT2D eigenvalue weighted by Crippen LogP contribution is 2.25. The van der Waals surface area contributed by atoms with Crippen molar-refractivity contribution in [2.75, 3.05) is 20.8 Å². The fraction of sp³-hybridized carbons (Fsp3) is 0.391. The van der Waals surface area contributed by atoms with Crippen molar-refractivity contribution in [2.24, 2.45) is 0 Å². The van der Waals surface area contributed by atoms with Crippen LogP contribution >= 0.6 is 0 Å². The van der Waals surface area contributed by atoms with E-state index in [-0.39, 0.29) is 18.4 Å². The summed E-state index contributed by atoms with van der Waals surface area (Å²) in [4.78, 5) is 24.9. The summed E-state index contributed by atoms with van der Waals surface area (Å²) in [7, 11) is 3.16. The molecule has 0 atom stereocenters. The Hall–Kier alpha value is -3.22. The van der Waals surface area contributed by atoms with E-state index in [0.29, 0.717) is 29.2 Å². The number of hydrogen-bond acceptors (Lipinski definition) is 5. The molecule has 0 bridgehead atoms. The number of rotatable bonds is 9. The zero-order chi connectivity index (χ0) is 22.3. The first-order valence-electron chi connectivity index (χ1n) is 9.91. The van der Waals surface area contributed by atoms with Crippen LogP contribution in [-0.4, -0.2) is 37.3 Å². The van der Waals surface area contributed by atoms with Crippen LogP contribution in [0.4, 0.5) is 0 Å². The van der Waals surface area contributed by atoms with Crippen LogP contribution in [0.1, 0.15) is 46.7 Å². The number of carbonyl (C=O) groups is 2. The van der Waals surface area contributed by atoms with E-state index in [2.05, 4.69) is 5.32 Å². The quantitative estimate of drug-likeness (QED) is 0.501. The fourth-order valence-corrected chi connectivity index (χ4v) is 3.47. The molecule has 1 N–H and O–H groups in total. The van der Waals surface area contributed by atoms with Crippen LogP contribution in [0, 0.1) is 13.8 Å². The number of carbonyl (C=O) groups excluding carboxylic acids is 2. The van der Waals surface area contributed by atoms with E-state index in [0.717, 1.165) is 23.5 Å².